The molecule has 0 saturated carbocycles. The Morgan fingerprint density at radius 2 is 1.19 bits per heavy atom. The lowest BCUT2D eigenvalue weighted by Gasteiger charge is -2.24. The molecule has 0 heterocycles. The standard InChI is InChI=1S/C24H41N7O10S/c1-10(2)18(24(40)41)31-16(32)8-26-20(36)12(4)27-22(38)14(6-7-17(33)34)29-21(37)13(5)28-23(39)15(9-42)30-19(35)11(3)25/h10-15,18,42H,6-9,25H2,1-5H3,(H,26,36)(H,27,38)(H,28,39)(H,29,37)(H,30,35)(H,31,32)(H,33,34)(H,40,41). The van der Waals surface area contributed by atoms with E-state index < -0.39 is 103 Å². The van der Waals surface area contributed by atoms with Gasteiger partial charge in [-0.05, 0) is 33.1 Å². The molecule has 6 unspecified atom stereocenters. The Labute approximate surface area is 248 Å². The fourth-order valence-corrected chi connectivity index (χ4v) is 3.41. The highest BCUT2D eigenvalue weighted by Crippen LogP contribution is 2.03. The van der Waals surface area contributed by atoms with E-state index in [2.05, 4.69) is 44.5 Å². The van der Waals surface area contributed by atoms with Gasteiger partial charge in [-0.1, -0.05) is 13.8 Å². The minimum atomic E-state index is -1.42. The van der Waals surface area contributed by atoms with E-state index in [1.54, 1.807) is 13.8 Å². The van der Waals surface area contributed by atoms with Crippen LogP contribution >= 0.6 is 12.6 Å². The van der Waals surface area contributed by atoms with E-state index in [0.717, 1.165) is 0 Å². The van der Waals surface area contributed by atoms with Crippen LogP contribution in [-0.4, -0.2) is 106 Å². The molecule has 0 fully saturated rings. The van der Waals surface area contributed by atoms with Gasteiger partial charge < -0.3 is 47.8 Å². The first-order chi connectivity index (χ1) is 19.4. The van der Waals surface area contributed by atoms with Gasteiger partial charge in [0, 0.05) is 12.2 Å². The van der Waals surface area contributed by atoms with Crippen LogP contribution in [0.1, 0.15) is 47.5 Å². The third kappa shape index (κ3) is 14.1. The van der Waals surface area contributed by atoms with E-state index in [1.165, 1.54) is 20.8 Å². The van der Waals surface area contributed by atoms with Crippen LogP contribution in [0.25, 0.3) is 0 Å². The number of carbonyl (C=O) groups excluding carboxylic acids is 6. The first-order valence-electron chi connectivity index (χ1n) is 13.0. The molecule has 6 atom stereocenters. The van der Waals surface area contributed by atoms with Gasteiger partial charge in [0.25, 0.3) is 0 Å². The smallest absolute Gasteiger partial charge is 0.326 e. The van der Waals surface area contributed by atoms with Crippen LogP contribution < -0.4 is 37.6 Å². The maximum Gasteiger partial charge on any atom is 0.326 e. The highest BCUT2D eigenvalue weighted by molar-refractivity contribution is 7.80. The molecule has 0 aliphatic carbocycles. The lowest BCUT2D eigenvalue weighted by molar-refractivity contribution is -0.143. The number of nitrogens with two attached hydrogens (primary N) is 1. The van der Waals surface area contributed by atoms with Crippen LogP contribution in [0.15, 0.2) is 0 Å². The zero-order valence-electron chi connectivity index (χ0n) is 24.1. The molecule has 0 radical (unpaired) electrons. The summed E-state index contributed by atoms with van der Waals surface area (Å²) >= 11 is 4.00. The molecule has 42 heavy (non-hydrogen) atoms. The second-order valence-electron chi connectivity index (χ2n) is 9.83. The number of carboxylic acid groups (broad SMARTS) is 2. The van der Waals surface area contributed by atoms with Crippen molar-refractivity contribution in [2.75, 3.05) is 12.3 Å². The average Bonchev–Trinajstić information content (AvgIpc) is 2.89. The van der Waals surface area contributed by atoms with Gasteiger partial charge in [0.05, 0.1) is 12.6 Å². The Hall–Kier alpha value is -3.93. The van der Waals surface area contributed by atoms with Crippen LogP contribution in [0.3, 0.4) is 0 Å². The van der Waals surface area contributed by atoms with Crippen LogP contribution in [0.4, 0.5) is 0 Å². The predicted molar refractivity (Wildman–Crippen MR) is 151 cm³/mol. The van der Waals surface area contributed by atoms with E-state index >= 15 is 0 Å². The topological polar surface area (TPSA) is 275 Å². The number of hydrogen-bond donors (Lipinski definition) is 10. The number of amides is 6. The largest absolute Gasteiger partial charge is 0.481 e. The minimum absolute atomic E-state index is 0.109. The van der Waals surface area contributed by atoms with Gasteiger partial charge in [0.15, 0.2) is 0 Å². The van der Waals surface area contributed by atoms with Crippen molar-refractivity contribution in [2.45, 2.75) is 83.7 Å². The molecule has 238 valence electrons. The maximum atomic E-state index is 12.8. The molecule has 10 N–H and O–H groups in total. The number of carbonyl (C=O) groups is 8. The molecule has 0 spiro atoms. The molecule has 0 bridgehead atoms. The van der Waals surface area contributed by atoms with Crippen molar-refractivity contribution in [2.24, 2.45) is 11.7 Å². The highest BCUT2D eigenvalue weighted by Gasteiger charge is 2.29. The molecule has 0 rings (SSSR count). The predicted octanol–water partition coefficient (Wildman–Crippen LogP) is -3.55. The molecule has 0 aromatic heterocycles. The van der Waals surface area contributed by atoms with Gasteiger partial charge in [-0.2, -0.15) is 12.6 Å². The van der Waals surface area contributed by atoms with Crippen molar-refractivity contribution in [3.63, 3.8) is 0 Å². The van der Waals surface area contributed by atoms with Gasteiger partial charge in [0.2, 0.25) is 35.4 Å². The van der Waals surface area contributed by atoms with Gasteiger partial charge >= 0.3 is 11.9 Å². The molecular weight excluding hydrogens is 578 g/mol. The van der Waals surface area contributed by atoms with E-state index in [4.69, 9.17) is 15.9 Å². The number of thiol groups is 1. The summed E-state index contributed by atoms with van der Waals surface area (Å²) in [5.41, 5.74) is 5.47. The first kappa shape index (κ1) is 38.1. The summed E-state index contributed by atoms with van der Waals surface area (Å²) in [6, 6.07) is -7.08. The lowest BCUT2D eigenvalue weighted by atomic mass is 10.1. The number of nitrogens with one attached hydrogen (secondary N) is 6. The summed E-state index contributed by atoms with van der Waals surface area (Å²) in [6.45, 7) is 6.57. The SMILES string of the molecule is CC(N)C(=O)NC(CS)C(=O)NC(C)C(=O)NC(CCC(=O)O)C(=O)NC(C)C(=O)NCC(=O)NC(C(=O)O)C(C)C. The third-order valence-electron chi connectivity index (χ3n) is 5.69. The second-order valence-corrected chi connectivity index (χ2v) is 10.2. The molecule has 0 aromatic rings. The van der Waals surface area contributed by atoms with Crippen molar-refractivity contribution in [3.05, 3.63) is 0 Å². The zero-order valence-corrected chi connectivity index (χ0v) is 24.9. The van der Waals surface area contributed by atoms with E-state index in [-0.39, 0.29) is 12.2 Å². The van der Waals surface area contributed by atoms with Gasteiger partial charge in [-0.15, -0.1) is 0 Å². The first-order valence-corrected chi connectivity index (χ1v) is 13.6. The number of carboxylic acids is 2. The summed E-state index contributed by atoms with van der Waals surface area (Å²) in [7, 11) is 0. The zero-order chi connectivity index (χ0) is 32.7. The Morgan fingerprint density at radius 3 is 1.64 bits per heavy atom. The van der Waals surface area contributed by atoms with Crippen LogP contribution in [-0.2, 0) is 38.4 Å². The van der Waals surface area contributed by atoms with E-state index in [0.29, 0.717) is 0 Å². The molecule has 0 aliphatic heterocycles. The quantitative estimate of drug-likeness (QED) is 0.0671. The summed E-state index contributed by atoms with van der Waals surface area (Å²) in [4.78, 5) is 96.5. The molecule has 0 aromatic carbocycles. The fraction of sp³-hybridized carbons (Fsp3) is 0.667. The summed E-state index contributed by atoms with van der Waals surface area (Å²) < 4.78 is 0. The summed E-state index contributed by atoms with van der Waals surface area (Å²) in [6.07, 6.45) is -0.884. The molecule has 0 saturated heterocycles. The van der Waals surface area contributed by atoms with Crippen molar-refractivity contribution >= 4 is 60.0 Å². The van der Waals surface area contributed by atoms with Gasteiger partial charge in [-0.25, -0.2) is 4.79 Å². The van der Waals surface area contributed by atoms with Gasteiger partial charge in [0.1, 0.15) is 30.2 Å². The minimum Gasteiger partial charge on any atom is -0.481 e. The monoisotopic (exact) mass is 619 g/mol. The number of aliphatic carboxylic acids is 2. The molecular formula is C24H41N7O10S. The van der Waals surface area contributed by atoms with Crippen molar-refractivity contribution < 1.29 is 48.6 Å². The second kappa shape index (κ2) is 18.5. The average molecular weight is 620 g/mol. The number of rotatable bonds is 18. The van der Waals surface area contributed by atoms with Crippen molar-refractivity contribution in [1.82, 2.24) is 31.9 Å². The van der Waals surface area contributed by atoms with Crippen molar-refractivity contribution in [3.8, 4) is 0 Å². The normalized spacial score (nSPS) is 15.0. The van der Waals surface area contributed by atoms with Crippen LogP contribution in [0.5, 0.6) is 0 Å². The van der Waals surface area contributed by atoms with E-state index in [1.807, 2.05) is 0 Å². The molecule has 0 aliphatic rings. The highest BCUT2D eigenvalue weighted by atomic mass is 32.1. The number of hydrogen-bond acceptors (Lipinski definition) is 10. The van der Waals surface area contributed by atoms with Gasteiger partial charge in [-0.3, -0.25) is 33.6 Å². The maximum absolute atomic E-state index is 12.8. The molecule has 18 heteroatoms. The third-order valence-corrected chi connectivity index (χ3v) is 6.05. The Kier molecular flexibility index (Phi) is 16.8. The molecule has 6 amide bonds. The lowest BCUT2D eigenvalue weighted by Crippen LogP contribution is -2.58. The van der Waals surface area contributed by atoms with Crippen LogP contribution in [0, 0.1) is 5.92 Å². The Bertz CT molecular complexity index is 1020. The fourth-order valence-electron chi connectivity index (χ4n) is 3.15. The summed E-state index contributed by atoms with van der Waals surface area (Å²) in [5.74, 6) is -7.78. The Balaban J connectivity index is 5.22. The summed E-state index contributed by atoms with van der Waals surface area (Å²) in [5, 5.41) is 32.1. The van der Waals surface area contributed by atoms with Crippen LogP contribution in [0.2, 0.25) is 0 Å². The van der Waals surface area contributed by atoms with E-state index in [9.17, 15) is 38.4 Å². The Morgan fingerprint density at radius 1 is 0.690 bits per heavy atom. The molecule has 17 nitrogen and oxygen atoms in total. The van der Waals surface area contributed by atoms with Crippen molar-refractivity contribution in [1.29, 1.82) is 0 Å².